The monoisotopic (exact) mass is 288 g/mol. The van der Waals surface area contributed by atoms with Crippen LogP contribution in [0.2, 0.25) is 0 Å². The molecule has 0 unspecified atom stereocenters. The molecule has 0 fully saturated rings. The van der Waals surface area contributed by atoms with Crippen molar-refractivity contribution >= 4 is 5.97 Å². The zero-order chi connectivity index (χ0) is 15.1. The van der Waals surface area contributed by atoms with Crippen LogP contribution in [0.3, 0.4) is 0 Å². The number of aliphatic hydroxyl groups excluding tert-OH is 2. The number of aliphatic carboxylic acids is 1. The van der Waals surface area contributed by atoms with Crippen LogP contribution in [-0.4, -0.2) is 34.0 Å². The largest absolute Gasteiger partial charge is 0.481 e. The second-order valence-electron chi connectivity index (χ2n) is 5.63. The van der Waals surface area contributed by atoms with Crippen LogP contribution in [0.25, 0.3) is 0 Å². The molecule has 0 saturated heterocycles. The molecule has 1 atom stereocenters. The van der Waals surface area contributed by atoms with Crippen LogP contribution < -0.4 is 0 Å². The maximum absolute atomic E-state index is 10.3. The van der Waals surface area contributed by atoms with E-state index in [9.17, 15) is 9.90 Å². The summed E-state index contributed by atoms with van der Waals surface area (Å²) in [7, 11) is 0. The SMILES string of the molecule is O=C(O)CCCCCCCC[C@@H](O)CCCCCCO. The average Bonchev–Trinajstić information content (AvgIpc) is 2.41. The number of aliphatic hydroxyl groups is 2. The fourth-order valence-corrected chi connectivity index (χ4v) is 2.35. The van der Waals surface area contributed by atoms with Gasteiger partial charge < -0.3 is 15.3 Å². The van der Waals surface area contributed by atoms with Gasteiger partial charge in [0, 0.05) is 13.0 Å². The fraction of sp³-hybridized carbons (Fsp3) is 0.938. The van der Waals surface area contributed by atoms with Crippen molar-refractivity contribution in [1.82, 2.24) is 0 Å². The number of hydrogen-bond donors (Lipinski definition) is 3. The van der Waals surface area contributed by atoms with Gasteiger partial charge >= 0.3 is 5.97 Å². The molecule has 0 aliphatic carbocycles. The van der Waals surface area contributed by atoms with Crippen molar-refractivity contribution in [2.45, 2.75) is 89.6 Å². The van der Waals surface area contributed by atoms with Crippen molar-refractivity contribution in [1.29, 1.82) is 0 Å². The number of carboxylic acids is 1. The Morgan fingerprint density at radius 2 is 1.20 bits per heavy atom. The lowest BCUT2D eigenvalue weighted by molar-refractivity contribution is -0.137. The summed E-state index contributed by atoms with van der Waals surface area (Å²) in [4.78, 5) is 10.3. The molecule has 0 amide bonds. The van der Waals surface area contributed by atoms with Crippen LogP contribution in [0.4, 0.5) is 0 Å². The fourth-order valence-electron chi connectivity index (χ4n) is 2.35. The van der Waals surface area contributed by atoms with Crippen molar-refractivity contribution in [3.63, 3.8) is 0 Å². The highest BCUT2D eigenvalue weighted by molar-refractivity contribution is 5.66. The van der Waals surface area contributed by atoms with Gasteiger partial charge in [-0.25, -0.2) is 0 Å². The maximum atomic E-state index is 10.3. The average molecular weight is 288 g/mol. The van der Waals surface area contributed by atoms with Crippen LogP contribution in [-0.2, 0) is 4.79 Å². The standard InChI is InChI=1S/C16H32O4/c17-14-10-6-5-8-12-15(18)11-7-3-1-2-4-9-13-16(19)20/h15,17-18H,1-14H2,(H,19,20)/t15-/m1/s1. The number of carboxylic acid groups (broad SMARTS) is 1. The molecule has 0 aliphatic rings. The third-order valence-electron chi connectivity index (χ3n) is 3.62. The van der Waals surface area contributed by atoms with Gasteiger partial charge in [-0.15, -0.1) is 0 Å². The molecule has 0 radical (unpaired) electrons. The van der Waals surface area contributed by atoms with Crippen LogP contribution in [0.5, 0.6) is 0 Å². The topological polar surface area (TPSA) is 77.8 Å². The van der Waals surface area contributed by atoms with Gasteiger partial charge in [0.2, 0.25) is 0 Å². The van der Waals surface area contributed by atoms with Crippen molar-refractivity contribution in [2.75, 3.05) is 6.61 Å². The molecule has 0 saturated carbocycles. The van der Waals surface area contributed by atoms with E-state index in [-0.39, 0.29) is 19.1 Å². The maximum Gasteiger partial charge on any atom is 0.303 e. The van der Waals surface area contributed by atoms with E-state index in [1.807, 2.05) is 0 Å². The van der Waals surface area contributed by atoms with E-state index < -0.39 is 5.97 Å². The molecular weight excluding hydrogens is 256 g/mol. The summed E-state index contributed by atoms with van der Waals surface area (Å²) in [6, 6.07) is 0. The third-order valence-corrected chi connectivity index (χ3v) is 3.62. The Kier molecular flexibility index (Phi) is 14.3. The van der Waals surface area contributed by atoms with Gasteiger partial charge in [0.25, 0.3) is 0 Å². The normalized spacial score (nSPS) is 12.5. The van der Waals surface area contributed by atoms with Crippen molar-refractivity contribution < 1.29 is 20.1 Å². The molecule has 3 N–H and O–H groups in total. The van der Waals surface area contributed by atoms with Gasteiger partial charge in [-0.05, 0) is 25.7 Å². The first-order chi connectivity index (χ1) is 9.66. The molecule has 0 aromatic rings. The Morgan fingerprint density at radius 1 is 0.750 bits per heavy atom. The summed E-state index contributed by atoms with van der Waals surface area (Å²) in [5.74, 6) is -0.702. The van der Waals surface area contributed by atoms with Crippen molar-refractivity contribution in [2.24, 2.45) is 0 Å². The number of hydrogen-bond acceptors (Lipinski definition) is 3. The Hall–Kier alpha value is -0.610. The van der Waals surface area contributed by atoms with Crippen LogP contribution in [0.15, 0.2) is 0 Å². The zero-order valence-electron chi connectivity index (χ0n) is 12.7. The lowest BCUT2D eigenvalue weighted by Gasteiger charge is -2.10. The summed E-state index contributed by atoms with van der Waals surface area (Å²) in [5.41, 5.74) is 0. The lowest BCUT2D eigenvalue weighted by Crippen LogP contribution is -2.06. The summed E-state index contributed by atoms with van der Waals surface area (Å²) < 4.78 is 0. The first kappa shape index (κ1) is 19.4. The number of carbonyl (C=O) groups is 1. The molecule has 0 aliphatic heterocycles. The highest BCUT2D eigenvalue weighted by atomic mass is 16.4. The first-order valence-corrected chi connectivity index (χ1v) is 8.17. The molecule has 0 bridgehead atoms. The third kappa shape index (κ3) is 15.4. The van der Waals surface area contributed by atoms with Crippen molar-refractivity contribution in [3.8, 4) is 0 Å². The van der Waals surface area contributed by atoms with E-state index in [0.717, 1.165) is 77.0 Å². The minimum absolute atomic E-state index is 0.170. The molecular formula is C16H32O4. The van der Waals surface area contributed by atoms with Crippen LogP contribution >= 0.6 is 0 Å². The lowest BCUT2D eigenvalue weighted by atomic mass is 10.0. The van der Waals surface area contributed by atoms with E-state index >= 15 is 0 Å². The van der Waals surface area contributed by atoms with E-state index in [2.05, 4.69) is 0 Å². The van der Waals surface area contributed by atoms with Gasteiger partial charge in [-0.1, -0.05) is 51.4 Å². The van der Waals surface area contributed by atoms with Crippen LogP contribution in [0.1, 0.15) is 83.5 Å². The second-order valence-corrected chi connectivity index (χ2v) is 5.63. The summed E-state index contributed by atoms with van der Waals surface area (Å²) >= 11 is 0. The van der Waals surface area contributed by atoms with Gasteiger partial charge in [0.1, 0.15) is 0 Å². The molecule has 4 heteroatoms. The van der Waals surface area contributed by atoms with E-state index in [4.69, 9.17) is 10.2 Å². The number of rotatable bonds is 15. The summed E-state index contributed by atoms with van der Waals surface area (Å²) in [6.45, 7) is 0.273. The van der Waals surface area contributed by atoms with Gasteiger partial charge in [0.05, 0.1) is 6.10 Å². The molecule has 0 spiro atoms. The molecule has 0 aromatic heterocycles. The molecule has 0 aromatic carbocycles. The molecule has 0 rings (SSSR count). The highest BCUT2D eigenvalue weighted by Gasteiger charge is 2.03. The minimum atomic E-state index is -0.702. The minimum Gasteiger partial charge on any atom is -0.481 e. The Labute approximate surface area is 123 Å². The smallest absolute Gasteiger partial charge is 0.303 e. The quantitative estimate of drug-likeness (QED) is 0.403. The van der Waals surface area contributed by atoms with Gasteiger partial charge in [-0.3, -0.25) is 4.79 Å². The summed E-state index contributed by atoms with van der Waals surface area (Å²) in [5, 5.41) is 26.9. The van der Waals surface area contributed by atoms with Crippen molar-refractivity contribution in [3.05, 3.63) is 0 Å². The first-order valence-electron chi connectivity index (χ1n) is 8.17. The Bertz CT molecular complexity index is 219. The molecule has 4 nitrogen and oxygen atoms in total. The zero-order valence-corrected chi connectivity index (χ0v) is 12.7. The second kappa shape index (κ2) is 14.8. The number of unbranched alkanes of at least 4 members (excludes halogenated alkanes) is 8. The van der Waals surface area contributed by atoms with E-state index in [1.165, 1.54) is 0 Å². The van der Waals surface area contributed by atoms with E-state index in [1.54, 1.807) is 0 Å². The van der Waals surface area contributed by atoms with Gasteiger partial charge in [0.15, 0.2) is 0 Å². The predicted octanol–water partition coefficient (Wildman–Crippen LogP) is 3.50. The summed E-state index contributed by atoms with van der Waals surface area (Å²) in [6.07, 6.45) is 12.2. The Morgan fingerprint density at radius 3 is 1.70 bits per heavy atom. The van der Waals surface area contributed by atoms with Crippen LogP contribution in [0, 0.1) is 0 Å². The molecule has 20 heavy (non-hydrogen) atoms. The molecule has 0 heterocycles. The highest BCUT2D eigenvalue weighted by Crippen LogP contribution is 2.13. The Balaban J connectivity index is 3.15. The predicted molar refractivity (Wildman–Crippen MR) is 80.7 cm³/mol. The molecule has 120 valence electrons. The van der Waals surface area contributed by atoms with E-state index in [0.29, 0.717) is 0 Å². The van der Waals surface area contributed by atoms with Gasteiger partial charge in [-0.2, -0.15) is 0 Å².